The molecule has 1 fully saturated rings. The van der Waals surface area contributed by atoms with Crippen molar-refractivity contribution < 1.29 is 4.52 Å². The third kappa shape index (κ3) is 1.21. The molecule has 1 saturated heterocycles. The lowest BCUT2D eigenvalue weighted by Gasteiger charge is -2.23. The fourth-order valence-electron chi connectivity index (χ4n) is 1.23. The summed E-state index contributed by atoms with van der Waals surface area (Å²) in [7, 11) is 0. The normalized spacial score (nSPS) is 16.9. The van der Waals surface area contributed by atoms with Gasteiger partial charge in [-0.15, -0.1) is 5.10 Å². The van der Waals surface area contributed by atoms with Crippen molar-refractivity contribution >= 4 is 11.5 Å². The maximum atomic E-state index is 5.08. The minimum absolute atomic E-state index is 0.388. The van der Waals surface area contributed by atoms with E-state index in [0.717, 1.165) is 18.9 Å². The third-order valence-corrected chi connectivity index (χ3v) is 2.67. The molecule has 2 aromatic heterocycles. The monoisotopic (exact) mass is 209 g/mol. The summed E-state index contributed by atoms with van der Waals surface area (Å²) < 4.78 is 8.82. The molecule has 1 N–H and O–H groups in total. The van der Waals surface area contributed by atoms with Crippen LogP contribution in [-0.4, -0.2) is 32.8 Å². The number of hydrogen-bond donors (Lipinski definition) is 1. The molecule has 0 spiro atoms. The summed E-state index contributed by atoms with van der Waals surface area (Å²) >= 11 is 1.27. The minimum Gasteiger partial charge on any atom is -0.332 e. The highest BCUT2D eigenvalue weighted by Crippen LogP contribution is 2.20. The second-order valence-corrected chi connectivity index (χ2v) is 3.71. The maximum Gasteiger partial charge on any atom is 0.279 e. The molecule has 14 heavy (non-hydrogen) atoms. The van der Waals surface area contributed by atoms with Crippen LogP contribution in [0.1, 0.15) is 11.7 Å². The summed E-state index contributed by atoms with van der Waals surface area (Å²) in [6, 6.07) is 0. The Kier molecular flexibility index (Phi) is 1.78. The second-order valence-electron chi connectivity index (χ2n) is 3.10. The Labute approximate surface area is 83.5 Å². The van der Waals surface area contributed by atoms with Gasteiger partial charge < -0.3 is 9.84 Å². The standard InChI is InChI=1S/C7H7N5OS/c1-4(2-8-1)6-9-7(13-11-6)5-3-14-12-10-5/h3-4,8H,1-2H2. The van der Waals surface area contributed by atoms with Gasteiger partial charge in [-0.1, -0.05) is 9.64 Å². The average Bonchev–Trinajstić information content (AvgIpc) is 2.65. The van der Waals surface area contributed by atoms with Gasteiger partial charge >= 0.3 is 0 Å². The number of nitrogens with zero attached hydrogens (tertiary/aromatic N) is 4. The van der Waals surface area contributed by atoms with Crippen LogP contribution >= 0.6 is 11.5 Å². The van der Waals surface area contributed by atoms with Gasteiger partial charge in [0.05, 0.1) is 0 Å². The van der Waals surface area contributed by atoms with E-state index in [9.17, 15) is 0 Å². The van der Waals surface area contributed by atoms with Gasteiger partial charge in [-0.2, -0.15) is 4.98 Å². The van der Waals surface area contributed by atoms with E-state index in [0.29, 0.717) is 17.5 Å². The highest BCUT2D eigenvalue weighted by Gasteiger charge is 2.24. The topological polar surface area (TPSA) is 76.7 Å². The molecule has 0 radical (unpaired) electrons. The van der Waals surface area contributed by atoms with E-state index >= 15 is 0 Å². The SMILES string of the molecule is c1snnc1-c1nc(C2CNC2)no1. The average molecular weight is 209 g/mol. The maximum absolute atomic E-state index is 5.08. The second kappa shape index (κ2) is 3.10. The molecular weight excluding hydrogens is 202 g/mol. The van der Waals surface area contributed by atoms with Crippen LogP contribution in [0.15, 0.2) is 9.90 Å². The van der Waals surface area contributed by atoms with Crippen LogP contribution in [0.25, 0.3) is 11.6 Å². The molecule has 3 heterocycles. The van der Waals surface area contributed by atoms with Crippen molar-refractivity contribution in [1.82, 2.24) is 25.0 Å². The van der Waals surface area contributed by atoms with Crippen molar-refractivity contribution in [1.29, 1.82) is 0 Å². The van der Waals surface area contributed by atoms with Gasteiger partial charge in [-0.3, -0.25) is 0 Å². The zero-order valence-corrected chi connectivity index (χ0v) is 7.99. The molecule has 72 valence electrons. The molecule has 0 aromatic carbocycles. The molecule has 0 amide bonds. The van der Waals surface area contributed by atoms with Crippen molar-refractivity contribution in [2.24, 2.45) is 0 Å². The smallest absolute Gasteiger partial charge is 0.279 e. The lowest BCUT2D eigenvalue weighted by atomic mass is 10.0. The van der Waals surface area contributed by atoms with E-state index in [4.69, 9.17) is 4.52 Å². The van der Waals surface area contributed by atoms with Gasteiger partial charge in [0.1, 0.15) is 0 Å². The Bertz CT molecular complexity index is 421. The molecule has 0 atom stereocenters. The van der Waals surface area contributed by atoms with E-state index in [-0.39, 0.29) is 0 Å². The molecule has 0 bridgehead atoms. The van der Waals surface area contributed by atoms with Crippen LogP contribution in [0.5, 0.6) is 0 Å². The summed E-state index contributed by atoms with van der Waals surface area (Å²) in [5.41, 5.74) is 0.654. The van der Waals surface area contributed by atoms with Crippen molar-refractivity contribution in [2.75, 3.05) is 13.1 Å². The van der Waals surface area contributed by atoms with Gasteiger partial charge in [0, 0.05) is 24.4 Å². The molecule has 2 aromatic rings. The summed E-state index contributed by atoms with van der Waals surface area (Å²) in [6.45, 7) is 1.85. The number of hydrogen-bond acceptors (Lipinski definition) is 7. The molecular formula is C7H7N5OS. The lowest BCUT2D eigenvalue weighted by Crippen LogP contribution is -2.40. The first-order valence-corrected chi connectivity index (χ1v) is 5.09. The zero-order chi connectivity index (χ0) is 9.38. The number of nitrogens with one attached hydrogen (secondary N) is 1. The molecule has 0 saturated carbocycles. The third-order valence-electron chi connectivity index (χ3n) is 2.17. The first-order chi connectivity index (χ1) is 6.93. The predicted molar refractivity (Wildman–Crippen MR) is 48.8 cm³/mol. The fourth-order valence-corrected chi connectivity index (χ4v) is 1.66. The van der Waals surface area contributed by atoms with Gasteiger partial charge in [-0.05, 0) is 11.5 Å². The van der Waals surface area contributed by atoms with Gasteiger partial charge in [0.2, 0.25) is 0 Å². The highest BCUT2D eigenvalue weighted by atomic mass is 32.1. The fraction of sp³-hybridized carbons (Fsp3) is 0.429. The van der Waals surface area contributed by atoms with Gasteiger partial charge in [0.25, 0.3) is 5.89 Å². The predicted octanol–water partition coefficient (Wildman–Crippen LogP) is 0.275. The van der Waals surface area contributed by atoms with Crippen molar-refractivity contribution in [3.05, 3.63) is 11.2 Å². The van der Waals surface area contributed by atoms with Crippen molar-refractivity contribution in [3.63, 3.8) is 0 Å². The highest BCUT2D eigenvalue weighted by molar-refractivity contribution is 7.03. The van der Waals surface area contributed by atoms with Crippen molar-refractivity contribution in [3.8, 4) is 11.6 Å². The van der Waals surface area contributed by atoms with E-state index in [2.05, 4.69) is 25.0 Å². The molecule has 1 aliphatic rings. The Morgan fingerprint density at radius 3 is 3.07 bits per heavy atom. The van der Waals surface area contributed by atoms with Crippen LogP contribution in [0, 0.1) is 0 Å². The Morgan fingerprint density at radius 1 is 1.50 bits per heavy atom. The van der Waals surface area contributed by atoms with Gasteiger partial charge in [-0.25, -0.2) is 0 Å². The van der Waals surface area contributed by atoms with E-state index in [1.165, 1.54) is 11.5 Å². The quantitative estimate of drug-likeness (QED) is 0.765. The van der Waals surface area contributed by atoms with E-state index < -0.39 is 0 Å². The summed E-state index contributed by atoms with van der Waals surface area (Å²) in [5.74, 6) is 1.60. The molecule has 0 unspecified atom stereocenters. The van der Waals surface area contributed by atoms with Gasteiger partial charge in [0.15, 0.2) is 11.5 Å². The zero-order valence-electron chi connectivity index (χ0n) is 7.17. The van der Waals surface area contributed by atoms with E-state index in [1.807, 2.05) is 0 Å². The molecule has 7 heteroatoms. The first-order valence-electron chi connectivity index (χ1n) is 4.25. The van der Waals surface area contributed by atoms with Crippen LogP contribution in [0.3, 0.4) is 0 Å². The first kappa shape index (κ1) is 8.01. The minimum atomic E-state index is 0.388. The largest absolute Gasteiger partial charge is 0.332 e. The van der Waals surface area contributed by atoms with E-state index in [1.54, 1.807) is 5.38 Å². The Balaban J connectivity index is 1.90. The van der Waals surface area contributed by atoms with Crippen LogP contribution in [0.4, 0.5) is 0 Å². The summed E-state index contributed by atoms with van der Waals surface area (Å²) in [6.07, 6.45) is 0. The number of aromatic nitrogens is 4. The Hall–Kier alpha value is -1.34. The summed E-state index contributed by atoms with van der Waals surface area (Å²) in [5, 5.41) is 12.7. The molecule has 1 aliphatic heterocycles. The van der Waals surface area contributed by atoms with Crippen LogP contribution in [-0.2, 0) is 0 Å². The molecule has 3 rings (SSSR count). The number of rotatable bonds is 2. The summed E-state index contributed by atoms with van der Waals surface area (Å²) in [4.78, 5) is 4.26. The van der Waals surface area contributed by atoms with Crippen LogP contribution in [0.2, 0.25) is 0 Å². The molecule has 0 aliphatic carbocycles. The Morgan fingerprint density at radius 2 is 2.43 bits per heavy atom. The lowest BCUT2D eigenvalue weighted by molar-refractivity contribution is 0.382. The van der Waals surface area contributed by atoms with Crippen LogP contribution < -0.4 is 5.32 Å². The van der Waals surface area contributed by atoms with Crippen molar-refractivity contribution in [2.45, 2.75) is 5.92 Å². The molecule has 6 nitrogen and oxygen atoms in total.